The zero-order valence-electron chi connectivity index (χ0n) is 6.50. The molecule has 0 aromatic heterocycles. The molecule has 3 atom stereocenters. The quantitative estimate of drug-likeness (QED) is 0.344. The average molecular weight is 173 g/mol. The summed E-state index contributed by atoms with van der Waals surface area (Å²) in [5.74, 6) is 0. The van der Waals surface area contributed by atoms with Crippen molar-refractivity contribution in [2.45, 2.75) is 24.7 Å². The van der Waals surface area contributed by atoms with E-state index in [9.17, 15) is 5.11 Å². The molecule has 0 spiro atoms. The number of nitrogens with zero attached hydrogens (tertiary/aromatic N) is 3. The predicted octanol–water partition coefficient (Wildman–Crippen LogP) is -0.193. The molecule has 1 fully saturated rings. The first kappa shape index (κ1) is 9.28. The van der Waals surface area contributed by atoms with E-state index in [1.54, 1.807) is 0 Å². The van der Waals surface area contributed by atoms with Crippen LogP contribution in [0.25, 0.3) is 10.4 Å². The number of aliphatic hydroxyl groups is 2. The van der Waals surface area contributed by atoms with Crippen LogP contribution in [0.3, 0.4) is 0 Å². The molecule has 68 valence electrons. The first-order chi connectivity index (χ1) is 5.77. The van der Waals surface area contributed by atoms with E-state index in [1.807, 2.05) is 0 Å². The van der Waals surface area contributed by atoms with Crippen LogP contribution in [-0.4, -0.2) is 41.7 Å². The van der Waals surface area contributed by atoms with Gasteiger partial charge < -0.3 is 14.9 Å². The molecule has 0 amide bonds. The van der Waals surface area contributed by atoms with Crippen molar-refractivity contribution in [3.8, 4) is 0 Å². The average Bonchev–Trinajstić information content (AvgIpc) is 2.05. The van der Waals surface area contributed by atoms with Gasteiger partial charge in [-0.25, -0.2) is 0 Å². The second-order valence-electron chi connectivity index (χ2n) is 2.72. The lowest BCUT2D eigenvalue weighted by Gasteiger charge is -2.29. The minimum absolute atomic E-state index is 0.204. The van der Waals surface area contributed by atoms with E-state index in [1.165, 1.54) is 0 Å². The Labute approximate surface area is 69.4 Å². The molecular formula is C6H11N3O3. The third-order valence-corrected chi connectivity index (χ3v) is 1.84. The van der Waals surface area contributed by atoms with Crippen LogP contribution in [0, 0.1) is 0 Å². The normalized spacial score (nSPS) is 35.7. The van der Waals surface area contributed by atoms with Gasteiger partial charge in [0, 0.05) is 4.91 Å². The molecule has 1 heterocycles. The molecule has 6 heteroatoms. The van der Waals surface area contributed by atoms with E-state index in [4.69, 9.17) is 15.4 Å². The Morgan fingerprint density at radius 3 is 2.92 bits per heavy atom. The molecule has 0 aromatic rings. The zero-order valence-corrected chi connectivity index (χ0v) is 6.50. The standard InChI is InChI=1S/C6H11N3O3/c7-9-8-4-1-5(11)6(2-10)12-3-4/h4-6,10-11H,1-3H2. The summed E-state index contributed by atoms with van der Waals surface area (Å²) in [5, 5.41) is 21.4. The Kier molecular flexibility index (Phi) is 3.31. The fourth-order valence-corrected chi connectivity index (χ4v) is 1.17. The number of azide groups is 1. The van der Waals surface area contributed by atoms with Gasteiger partial charge in [-0.2, -0.15) is 0 Å². The predicted molar refractivity (Wildman–Crippen MR) is 40.4 cm³/mol. The van der Waals surface area contributed by atoms with Crippen molar-refractivity contribution >= 4 is 0 Å². The Bertz CT molecular complexity index is 192. The summed E-state index contributed by atoms with van der Waals surface area (Å²) in [6, 6.07) is -0.312. The number of hydrogen-bond donors (Lipinski definition) is 2. The van der Waals surface area contributed by atoms with Crippen LogP contribution >= 0.6 is 0 Å². The topological polar surface area (TPSA) is 98.5 Å². The minimum atomic E-state index is -0.737. The first-order valence-electron chi connectivity index (χ1n) is 3.72. The smallest absolute Gasteiger partial charge is 0.106 e. The van der Waals surface area contributed by atoms with E-state index in [0.29, 0.717) is 6.42 Å². The van der Waals surface area contributed by atoms with Crippen LogP contribution in [0.5, 0.6) is 0 Å². The van der Waals surface area contributed by atoms with Crippen LogP contribution in [0.1, 0.15) is 6.42 Å². The van der Waals surface area contributed by atoms with Crippen LogP contribution < -0.4 is 0 Å². The van der Waals surface area contributed by atoms with E-state index in [0.717, 1.165) is 0 Å². The van der Waals surface area contributed by atoms with Crippen LogP contribution in [0.2, 0.25) is 0 Å². The number of rotatable bonds is 2. The van der Waals surface area contributed by atoms with Crippen molar-refractivity contribution in [1.82, 2.24) is 0 Å². The fraction of sp³-hybridized carbons (Fsp3) is 1.00. The lowest BCUT2D eigenvalue weighted by atomic mass is 10.0. The summed E-state index contributed by atoms with van der Waals surface area (Å²) in [4.78, 5) is 2.62. The number of aliphatic hydroxyl groups excluding tert-OH is 2. The van der Waals surface area contributed by atoms with Gasteiger partial charge in [-0.1, -0.05) is 5.11 Å². The summed E-state index contributed by atoms with van der Waals surface area (Å²) in [7, 11) is 0. The summed E-state index contributed by atoms with van der Waals surface area (Å²) in [6.45, 7) is 0.0660. The maximum atomic E-state index is 9.30. The third-order valence-electron chi connectivity index (χ3n) is 1.84. The molecule has 0 aromatic carbocycles. The molecule has 1 aliphatic heterocycles. The Morgan fingerprint density at radius 2 is 2.42 bits per heavy atom. The molecule has 0 radical (unpaired) electrons. The van der Waals surface area contributed by atoms with Crippen molar-refractivity contribution in [2.75, 3.05) is 13.2 Å². The first-order valence-corrected chi connectivity index (χ1v) is 3.72. The van der Waals surface area contributed by atoms with Gasteiger partial charge in [0.25, 0.3) is 0 Å². The highest BCUT2D eigenvalue weighted by Crippen LogP contribution is 2.16. The summed E-state index contributed by atoms with van der Waals surface area (Å²) >= 11 is 0. The summed E-state index contributed by atoms with van der Waals surface area (Å²) < 4.78 is 5.04. The molecule has 0 aliphatic carbocycles. The van der Waals surface area contributed by atoms with Gasteiger partial charge in [-0.3, -0.25) is 0 Å². The Balaban J connectivity index is 2.45. The van der Waals surface area contributed by atoms with Crippen molar-refractivity contribution < 1.29 is 14.9 Å². The Morgan fingerprint density at radius 1 is 1.67 bits per heavy atom. The highest BCUT2D eigenvalue weighted by atomic mass is 16.5. The third kappa shape index (κ3) is 2.09. The number of ether oxygens (including phenoxy) is 1. The largest absolute Gasteiger partial charge is 0.394 e. The van der Waals surface area contributed by atoms with E-state index in [2.05, 4.69) is 10.0 Å². The summed E-state index contributed by atoms with van der Waals surface area (Å²) in [5.41, 5.74) is 8.10. The van der Waals surface area contributed by atoms with E-state index < -0.39 is 12.2 Å². The highest BCUT2D eigenvalue weighted by Gasteiger charge is 2.28. The molecule has 1 saturated heterocycles. The van der Waals surface area contributed by atoms with E-state index in [-0.39, 0.29) is 19.3 Å². The molecular weight excluding hydrogens is 162 g/mol. The zero-order chi connectivity index (χ0) is 8.97. The Hall–Kier alpha value is -0.810. The second-order valence-corrected chi connectivity index (χ2v) is 2.72. The second kappa shape index (κ2) is 4.27. The molecule has 0 bridgehead atoms. The van der Waals surface area contributed by atoms with Crippen LogP contribution in [-0.2, 0) is 4.74 Å². The van der Waals surface area contributed by atoms with Gasteiger partial charge in [0.2, 0.25) is 0 Å². The lowest BCUT2D eigenvalue weighted by molar-refractivity contribution is -0.101. The molecule has 3 unspecified atom stereocenters. The van der Waals surface area contributed by atoms with Gasteiger partial charge in [-0.15, -0.1) is 0 Å². The van der Waals surface area contributed by atoms with Crippen LogP contribution in [0.4, 0.5) is 0 Å². The fourth-order valence-electron chi connectivity index (χ4n) is 1.17. The maximum absolute atomic E-state index is 9.30. The molecule has 1 rings (SSSR count). The highest BCUT2D eigenvalue weighted by molar-refractivity contribution is 4.81. The SMILES string of the molecule is [N-]=[N+]=NC1COC(CO)C(O)C1. The van der Waals surface area contributed by atoms with Gasteiger partial charge in [0.15, 0.2) is 0 Å². The van der Waals surface area contributed by atoms with Gasteiger partial charge in [0.1, 0.15) is 6.10 Å². The number of hydrogen-bond acceptors (Lipinski definition) is 4. The van der Waals surface area contributed by atoms with Crippen molar-refractivity contribution in [2.24, 2.45) is 5.11 Å². The van der Waals surface area contributed by atoms with Crippen molar-refractivity contribution in [3.05, 3.63) is 10.4 Å². The van der Waals surface area contributed by atoms with Gasteiger partial charge in [0.05, 0.1) is 25.4 Å². The lowest BCUT2D eigenvalue weighted by Crippen LogP contribution is -2.42. The van der Waals surface area contributed by atoms with Gasteiger partial charge >= 0.3 is 0 Å². The summed E-state index contributed by atoms with van der Waals surface area (Å²) in [6.07, 6.45) is -0.913. The molecule has 0 saturated carbocycles. The monoisotopic (exact) mass is 173 g/mol. The van der Waals surface area contributed by atoms with Crippen molar-refractivity contribution in [3.63, 3.8) is 0 Å². The molecule has 2 N–H and O–H groups in total. The van der Waals surface area contributed by atoms with Crippen LogP contribution in [0.15, 0.2) is 5.11 Å². The molecule has 6 nitrogen and oxygen atoms in total. The molecule has 12 heavy (non-hydrogen) atoms. The molecule has 1 aliphatic rings. The van der Waals surface area contributed by atoms with E-state index >= 15 is 0 Å². The maximum Gasteiger partial charge on any atom is 0.106 e. The van der Waals surface area contributed by atoms with Gasteiger partial charge in [-0.05, 0) is 12.0 Å². The van der Waals surface area contributed by atoms with Crippen molar-refractivity contribution in [1.29, 1.82) is 0 Å². The minimum Gasteiger partial charge on any atom is -0.394 e.